The Morgan fingerprint density at radius 1 is 0.914 bits per heavy atom. The second-order valence-electron chi connectivity index (χ2n) is 9.32. The highest BCUT2D eigenvalue weighted by Gasteiger charge is 2.26. The average molecular weight is 488 g/mol. The van der Waals surface area contributed by atoms with Gasteiger partial charge < -0.3 is 14.8 Å². The molecule has 0 spiro atoms. The molecule has 0 aliphatic heterocycles. The van der Waals surface area contributed by atoms with Crippen LogP contribution in [0.3, 0.4) is 0 Å². The highest BCUT2D eigenvalue weighted by atomic mass is 35.5. The molecule has 3 aromatic carbocycles. The number of benzene rings is 3. The van der Waals surface area contributed by atoms with E-state index in [9.17, 15) is 4.79 Å². The lowest BCUT2D eigenvalue weighted by atomic mass is 9.87. The van der Waals surface area contributed by atoms with Crippen LogP contribution in [-0.4, -0.2) is 47.9 Å². The third-order valence-corrected chi connectivity index (χ3v) is 6.98. The summed E-state index contributed by atoms with van der Waals surface area (Å²) in [5.41, 5.74) is 5.65. The minimum Gasteiger partial charge on any atom is -0.361 e. The number of rotatable bonds is 10. The fourth-order valence-electron chi connectivity index (χ4n) is 4.69. The lowest BCUT2D eigenvalue weighted by Crippen LogP contribution is -2.37. The smallest absolute Gasteiger partial charge is 0.223 e. The van der Waals surface area contributed by atoms with Crippen LogP contribution < -0.4 is 0 Å². The van der Waals surface area contributed by atoms with Crippen LogP contribution in [0.5, 0.6) is 0 Å². The number of H-pyrrole nitrogens is 1. The van der Waals surface area contributed by atoms with Gasteiger partial charge in [-0.2, -0.15) is 0 Å². The van der Waals surface area contributed by atoms with E-state index in [4.69, 9.17) is 11.6 Å². The molecule has 0 bridgehead atoms. The Kier molecular flexibility index (Phi) is 8.27. The summed E-state index contributed by atoms with van der Waals surface area (Å²) in [7, 11) is 4.07. The van der Waals surface area contributed by atoms with Crippen LogP contribution in [0.1, 0.15) is 41.5 Å². The molecule has 1 heterocycles. The molecule has 4 rings (SSSR count). The van der Waals surface area contributed by atoms with E-state index in [1.807, 2.05) is 61.5 Å². The summed E-state index contributed by atoms with van der Waals surface area (Å²) in [6.45, 7) is 4.24. The highest BCUT2D eigenvalue weighted by Crippen LogP contribution is 2.38. The molecule has 0 saturated heterocycles. The normalized spacial score (nSPS) is 12.3. The van der Waals surface area contributed by atoms with Crippen molar-refractivity contribution in [3.63, 3.8) is 0 Å². The van der Waals surface area contributed by atoms with E-state index in [0.29, 0.717) is 24.5 Å². The van der Waals surface area contributed by atoms with Gasteiger partial charge in [0.05, 0.1) is 0 Å². The van der Waals surface area contributed by atoms with Crippen molar-refractivity contribution in [1.82, 2.24) is 14.8 Å². The predicted molar refractivity (Wildman–Crippen MR) is 146 cm³/mol. The first-order chi connectivity index (χ1) is 17.0. The van der Waals surface area contributed by atoms with E-state index in [0.717, 1.165) is 40.6 Å². The van der Waals surface area contributed by atoms with Crippen molar-refractivity contribution in [3.8, 4) is 0 Å². The molecule has 1 amide bonds. The number of aryl methyl sites for hydroxylation is 1. The Bertz CT molecular complexity index is 1270. The molecule has 5 heteroatoms. The SMILES string of the molecule is CCc1cccc2c(C(CC(=O)N(CCN(C)C)Cc3ccccc3)c3ccccc3Cl)c[nH]c12. The number of fused-ring (bicyclic) bond motifs is 1. The summed E-state index contributed by atoms with van der Waals surface area (Å²) in [5.74, 6) is -0.0173. The second kappa shape index (κ2) is 11.6. The van der Waals surface area contributed by atoms with Crippen molar-refractivity contribution in [3.05, 3.63) is 106 Å². The van der Waals surface area contributed by atoms with Gasteiger partial charge in [-0.1, -0.05) is 85.3 Å². The van der Waals surface area contributed by atoms with Crippen molar-refractivity contribution in [2.45, 2.75) is 32.2 Å². The van der Waals surface area contributed by atoms with Gasteiger partial charge in [-0.25, -0.2) is 0 Å². The third-order valence-electron chi connectivity index (χ3n) is 6.64. The van der Waals surface area contributed by atoms with Crippen LogP contribution in [0.4, 0.5) is 0 Å². The van der Waals surface area contributed by atoms with Crippen molar-refractivity contribution in [1.29, 1.82) is 0 Å². The molecule has 0 aliphatic rings. The standard InChI is InChI=1S/C30H34ClN3O/c1-4-23-13-10-15-25-27(20-32-30(23)25)26(24-14-8-9-16-28(24)31)19-29(35)34(18-17-33(2)3)21-22-11-6-5-7-12-22/h5-16,20,26,32H,4,17-19,21H2,1-3H3. The van der Waals surface area contributed by atoms with Gasteiger partial charge in [0.25, 0.3) is 0 Å². The first-order valence-electron chi connectivity index (χ1n) is 12.3. The molecule has 1 aromatic heterocycles. The molecule has 0 fully saturated rings. The number of carbonyl (C=O) groups excluding carboxylic acids is 1. The van der Waals surface area contributed by atoms with E-state index in [-0.39, 0.29) is 11.8 Å². The molecular weight excluding hydrogens is 454 g/mol. The fourth-order valence-corrected chi connectivity index (χ4v) is 4.95. The zero-order valence-corrected chi connectivity index (χ0v) is 21.6. The van der Waals surface area contributed by atoms with Gasteiger partial charge in [0, 0.05) is 54.1 Å². The zero-order chi connectivity index (χ0) is 24.8. The molecular formula is C30H34ClN3O. The molecule has 1 unspecified atom stereocenters. The van der Waals surface area contributed by atoms with Gasteiger partial charge in [0.2, 0.25) is 5.91 Å². The topological polar surface area (TPSA) is 39.3 Å². The van der Waals surface area contributed by atoms with Crippen LogP contribution in [0.15, 0.2) is 79.0 Å². The zero-order valence-electron chi connectivity index (χ0n) is 20.8. The molecule has 35 heavy (non-hydrogen) atoms. The number of amides is 1. The van der Waals surface area contributed by atoms with Crippen molar-refractivity contribution >= 4 is 28.4 Å². The second-order valence-corrected chi connectivity index (χ2v) is 9.73. The van der Waals surface area contributed by atoms with Gasteiger partial charge in [-0.3, -0.25) is 4.79 Å². The molecule has 1 atom stereocenters. The van der Waals surface area contributed by atoms with Crippen LogP contribution in [0.2, 0.25) is 5.02 Å². The maximum atomic E-state index is 13.9. The number of hydrogen-bond acceptors (Lipinski definition) is 2. The summed E-state index contributed by atoms with van der Waals surface area (Å²) in [5, 5.41) is 1.85. The summed E-state index contributed by atoms with van der Waals surface area (Å²) in [6.07, 6.45) is 3.36. The van der Waals surface area contributed by atoms with Crippen LogP contribution >= 0.6 is 11.6 Å². The van der Waals surface area contributed by atoms with Gasteiger partial charge in [0.1, 0.15) is 0 Å². The summed E-state index contributed by atoms with van der Waals surface area (Å²) in [6, 6.07) is 24.5. The Morgan fingerprint density at radius 2 is 1.66 bits per heavy atom. The number of aromatic amines is 1. The lowest BCUT2D eigenvalue weighted by Gasteiger charge is -2.27. The number of nitrogens with zero attached hydrogens (tertiary/aromatic N) is 2. The number of halogens is 1. The predicted octanol–water partition coefficient (Wildman–Crippen LogP) is 6.50. The van der Waals surface area contributed by atoms with E-state index >= 15 is 0 Å². The van der Waals surface area contributed by atoms with Crippen molar-refractivity contribution in [2.75, 3.05) is 27.2 Å². The quantitative estimate of drug-likeness (QED) is 0.277. The summed E-state index contributed by atoms with van der Waals surface area (Å²) < 4.78 is 0. The molecule has 0 aliphatic carbocycles. The van der Waals surface area contributed by atoms with E-state index in [1.54, 1.807) is 0 Å². The number of para-hydroxylation sites is 1. The molecule has 4 nitrogen and oxygen atoms in total. The first kappa shape index (κ1) is 25.0. The lowest BCUT2D eigenvalue weighted by molar-refractivity contribution is -0.132. The molecule has 0 radical (unpaired) electrons. The first-order valence-corrected chi connectivity index (χ1v) is 12.7. The monoisotopic (exact) mass is 487 g/mol. The summed E-state index contributed by atoms with van der Waals surface area (Å²) >= 11 is 6.70. The van der Waals surface area contributed by atoms with Gasteiger partial charge in [-0.05, 0) is 48.8 Å². The van der Waals surface area contributed by atoms with E-state index in [1.165, 1.54) is 5.56 Å². The fraction of sp³-hybridized carbons (Fsp3) is 0.300. The molecule has 1 N–H and O–H groups in total. The molecule has 4 aromatic rings. The summed E-state index contributed by atoms with van der Waals surface area (Å²) in [4.78, 5) is 21.4. The maximum Gasteiger partial charge on any atom is 0.223 e. The minimum atomic E-state index is -0.144. The number of likely N-dealkylation sites (N-methyl/N-ethyl adjacent to an activating group) is 1. The van der Waals surface area contributed by atoms with Crippen molar-refractivity contribution < 1.29 is 4.79 Å². The average Bonchev–Trinajstić information content (AvgIpc) is 3.30. The Morgan fingerprint density at radius 3 is 2.37 bits per heavy atom. The molecule has 0 saturated carbocycles. The van der Waals surface area contributed by atoms with E-state index in [2.05, 4.69) is 53.3 Å². The van der Waals surface area contributed by atoms with E-state index < -0.39 is 0 Å². The van der Waals surface area contributed by atoms with Gasteiger partial charge in [-0.15, -0.1) is 0 Å². The maximum absolute atomic E-state index is 13.9. The molecule has 182 valence electrons. The van der Waals surface area contributed by atoms with Crippen LogP contribution in [0.25, 0.3) is 10.9 Å². The number of hydrogen-bond donors (Lipinski definition) is 1. The number of carbonyl (C=O) groups is 1. The third kappa shape index (κ3) is 5.95. The highest BCUT2D eigenvalue weighted by molar-refractivity contribution is 6.31. The van der Waals surface area contributed by atoms with Crippen molar-refractivity contribution in [2.24, 2.45) is 0 Å². The number of aromatic nitrogens is 1. The van der Waals surface area contributed by atoms with Crippen LogP contribution in [0, 0.1) is 0 Å². The Balaban J connectivity index is 1.71. The van der Waals surface area contributed by atoms with Gasteiger partial charge >= 0.3 is 0 Å². The Labute approximate surface area is 213 Å². The Hall–Kier alpha value is -3.08. The largest absolute Gasteiger partial charge is 0.361 e. The number of nitrogens with one attached hydrogen (secondary N) is 1. The minimum absolute atomic E-state index is 0.126. The van der Waals surface area contributed by atoms with Gasteiger partial charge in [0.15, 0.2) is 0 Å². The van der Waals surface area contributed by atoms with Crippen LogP contribution in [-0.2, 0) is 17.8 Å².